The van der Waals surface area contributed by atoms with Crippen LogP contribution in [-0.2, 0) is 6.42 Å². The predicted octanol–water partition coefficient (Wildman–Crippen LogP) is 3.44. The summed E-state index contributed by atoms with van der Waals surface area (Å²) in [4.78, 5) is 0. The van der Waals surface area contributed by atoms with E-state index in [1.54, 1.807) is 0 Å². The molecule has 0 nitrogen and oxygen atoms in total. The van der Waals surface area contributed by atoms with Crippen molar-refractivity contribution in [3.63, 3.8) is 0 Å². The zero-order chi connectivity index (χ0) is 11.7. The Morgan fingerprint density at radius 3 is 2.71 bits per heavy atom. The molecule has 0 fully saturated rings. The van der Waals surface area contributed by atoms with E-state index in [0.29, 0.717) is 0 Å². The fraction of sp³-hybridized carbons (Fsp3) is 0.294. The van der Waals surface area contributed by atoms with Gasteiger partial charge in [-0.2, -0.15) is 0 Å². The van der Waals surface area contributed by atoms with Crippen molar-refractivity contribution in [3.8, 4) is 0 Å². The van der Waals surface area contributed by atoms with Crippen LogP contribution in [0.25, 0.3) is 17.7 Å². The van der Waals surface area contributed by atoms with Crippen molar-refractivity contribution < 1.29 is 0 Å². The highest BCUT2D eigenvalue weighted by atomic mass is 14.1. The third-order valence-electron chi connectivity index (χ3n) is 3.43. The molecule has 90 valence electrons. The van der Waals surface area contributed by atoms with Gasteiger partial charge in [-0.1, -0.05) is 44.9 Å². The third-order valence-corrected chi connectivity index (χ3v) is 3.43. The van der Waals surface area contributed by atoms with E-state index < -0.39 is 0 Å². The van der Waals surface area contributed by atoms with Gasteiger partial charge < -0.3 is 0 Å². The molecule has 0 saturated carbocycles. The van der Waals surface area contributed by atoms with Crippen LogP contribution < -0.4 is 10.4 Å². The topological polar surface area (TPSA) is 0 Å². The van der Waals surface area contributed by atoms with Crippen molar-refractivity contribution in [1.29, 1.82) is 0 Å². The normalized spacial score (nSPS) is 15.3. The molecule has 0 saturated heterocycles. The van der Waals surface area contributed by atoms with Gasteiger partial charge in [-0.15, -0.1) is 0 Å². The fourth-order valence-electron chi connectivity index (χ4n) is 2.37. The van der Waals surface area contributed by atoms with Crippen molar-refractivity contribution in [2.24, 2.45) is 0 Å². The van der Waals surface area contributed by atoms with Crippen molar-refractivity contribution in [2.45, 2.75) is 34.1 Å². The van der Waals surface area contributed by atoms with Crippen LogP contribution in [0.4, 0.5) is 0 Å². The van der Waals surface area contributed by atoms with Crippen LogP contribution in [0.3, 0.4) is 0 Å². The minimum absolute atomic E-state index is 0. The largest absolute Gasteiger partial charge is 0.0988 e. The summed E-state index contributed by atoms with van der Waals surface area (Å²) in [7, 11) is 0. The molecule has 0 aliphatic heterocycles. The molecule has 2 rings (SSSR count). The van der Waals surface area contributed by atoms with E-state index in [4.69, 9.17) is 0 Å². The quantitative estimate of drug-likeness (QED) is 0.688. The minimum Gasteiger partial charge on any atom is -0.0988 e. The van der Waals surface area contributed by atoms with Crippen LogP contribution in [-0.4, -0.2) is 0 Å². The van der Waals surface area contributed by atoms with E-state index in [9.17, 15) is 0 Å². The van der Waals surface area contributed by atoms with Gasteiger partial charge in [0.05, 0.1) is 0 Å². The lowest BCUT2D eigenvalue weighted by Crippen LogP contribution is -2.30. The highest BCUT2D eigenvalue weighted by molar-refractivity contribution is 5.69. The highest BCUT2D eigenvalue weighted by Crippen LogP contribution is 2.22. The van der Waals surface area contributed by atoms with E-state index in [2.05, 4.69) is 45.2 Å². The van der Waals surface area contributed by atoms with Crippen LogP contribution >= 0.6 is 0 Å². The maximum Gasteiger partial charge on any atom is -0.0158 e. The molecular formula is C17H22. The molecule has 0 atom stereocenters. The minimum atomic E-state index is 0. The van der Waals surface area contributed by atoms with Gasteiger partial charge in [0.25, 0.3) is 0 Å². The van der Waals surface area contributed by atoms with E-state index in [-0.39, 0.29) is 7.43 Å². The van der Waals surface area contributed by atoms with E-state index in [1.165, 1.54) is 32.7 Å². The van der Waals surface area contributed by atoms with Gasteiger partial charge in [0.1, 0.15) is 0 Å². The first-order chi connectivity index (χ1) is 7.65. The maximum absolute atomic E-state index is 4.24. The summed E-state index contributed by atoms with van der Waals surface area (Å²) in [6.07, 6.45) is 6.47. The number of benzene rings is 1. The van der Waals surface area contributed by atoms with Crippen molar-refractivity contribution in [2.75, 3.05) is 0 Å². The first kappa shape index (κ1) is 13.5. The summed E-state index contributed by atoms with van der Waals surface area (Å²) >= 11 is 0. The van der Waals surface area contributed by atoms with Gasteiger partial charge in [-0.25, -0.2) is 0 Å². The van der Waals surface area contributed by atoms with Crippen LogP contribution in [0.5, 0.6) is 0 Å². The SMILES string of the molecule is C.C=C/C(C)=c1/ccc2c(c1=C)CCC=C2C. The van der Waals surface area contributed by atoms with Crippen LogP contribution in [0.2, 0.25) is 0 Å². The smallest absolute Gasteiger partial charge is 0.0158 e. The van der Waals surface area contributed by atoms with Crippen molar-refractivity contribution >= 4 is 17.7 Å². The van der Waals surface area contributed by atoms with E-state index >= 15 is 0 Å². The lowest BCUT2D eigenvalue weighted by Gasteiger charge is -2.16. The average molecular weight is 226 g/mol. The zero-order valence-corrected chi connectivity index (χ0v) is 10.1. The molecule has 1 aromatic carbocycles. The van der Waals surface area contributed by atoms with Gasteiger partial charge in [-0.05, 0) is 59.4 Å². The van der Waals surface area contributed by atoms with Crippen LogP contribution in [0, 0.1) is 0 Å². The Bertz CT molecular complexity index is 571. The Morgan fingerprint density at radius 2 is 2.06 bits per heavy atom. The summed E-state index contributed by atoms with van der Waals surface area (Å²) < 4.78 is 0. The molecular weight excluding hydrogens is 204 g/mol. The Morgan fingerprint density at radius 1 is 1.35 bits per heavy atom. The second kappa shape index (κ2) is 5.18. The molecule has 0 unspecified atom stereocenters. The summed E-state index contributed by atoms with van der Waals surface area (Å²) in [6, 6.07) is 4.39. The number of hydrogen-bond donors (Lipinski definition) is 0. The van der Waals surface area contributed by atoms with Gasteiger partial charge >= 0.3 is 0 Å². The van der Waals surface area contributed by atoms with E-state index in [0.717, 1.165) is 12.8 Å². The number of allylic oxidation sites excluding steroid dienone is 3. The van der Waals surface area contributed by atoms with Gasteiger partial charge in [-0.3, -0.25) is 0 Å². The number of rotatable bonds is 1. The molecule has 0 aromatic heterocycles. The molecule has 17 heavy (non-hydrogen) atoms. The molecule has 0 heterocycles. The maximum atomic E-state index is 4.24. The molecule has 0 radical (unpaired) electrons. The molecule has 0 N–H and O–H groups in total. The standard InChI is InChI=1S/C16H18.CH4/c1-5-11(2)14-9-10-15-12(3)7-6-8-16(15)13(14)4;/h5,7,9-10H,1,4,6,8H2,2-3H3;1H4/b14-11-;. The Kier molecular flexibility index (Phi) is 4.11. The molecule has 0 bridgehead atoms. The first-order valence-corrected chi connectivity index (χ1v) is 5.76. The van der Waals surface area contributed by atoms with Crippen LogP contribution in [0.15, 0.2) is 30.9 Å². The second-order valence-electron chi connectivity index (χ2n) is 4.43. The van der Waals surface area contributed by atoms with Gasteiger partial charge in [0.2, 0.25) is 0 Å². The molecule has 0 heteroatoms. The fourth-order valence-corrected chi connectivity index (χ4v) is 2.37. The Balaban J connectivity index is 0.00000144. The first-order valence-electron chi connectivity index (χ1n) is 5.76. The molecule has 0 amide bonds. The highest BCUT2D eigenvalue weighted by Gasteiger charge is 2.10. The second-order valence-corrected chi connectivity index (χ2v) is 4.43. The summed E-state index contributed by atoms with van der Waals surface area (Å²) in [6.45, 7) is 12.3. The molecule has 1 aromatic rings. The van der Waals surface area contributed by atoms with Gasteiger partial charge in [0, 0.05) is 0 Å². The predicted molar refractivity (Wildman–Crippen MR) is 79.2 cm³/mol. The third kappa shape index (κ3) is 2.26. The zero-order valence-electron chi connectivity index (χ0n) is 10.1. The lowest BCUT2D eigenvalue weighted by molar-refractivity contribution is 0.962. The Labute approximate surface area is 105 Å². The van der Waals surface area contributed by atoms with E-state index in [1.807, 2.05) is 6.08 Å². The Hall–Kier alpha value is -1.56. The number of hydrogen-bond acceptors (Lipinski definition) is 0. The summed E-state index contributed by atoms with van der Waals surface area (Å²) in [5, 5.41) is 2.42. The lowest BCUT2D eigenvalue weighted by atomic mass is 9.89. The monoisotopic (exact) mass is 226 g/mol. The number of fused-ring (bicyclic) bond motifs is 1. The summed E-state index contributed by atoms with van der Waals surface area (Å²) in [5.74, 6) is 0. The average Bonchev–Trinajstić information content (AvgIpc) is 2.30. The molecule has 1 aliphatic rings. The van der Waals surface area contributed by atoms with Gasteiger partial charge in [0.15, 0.2) is 0 Å². The van der Waals surface area contributed by atoms with Crippen molar-refractivity contribution in [3.05, 3.63) is 52.4 Å². The molecule has 1 aliphatic carbocycles. The molecule has 0 spiro atoms. The van der Waals surface area contributed by atoms with Crippen molar-refractivity contribution in [1.82, 2.24) is 0 Å². The summed E-state index contributed by atoms with van der Waals surface area (Å²) in [5.41, 5.74) is 5.38. The van der Waals surface area contributed by atoms with Crippen LogP contribution in [0.1, 0.15) is 38.8 Å².